The molecular weight excluding hydrogens is 234 g/mol. The van der Waals surface area contributed by atoms with Crippen molar-refractivity contribution in [3.8, 4) is 5.75 Å². The van der Waals surface area contributed by atoms with Crippen LogP contribution in [0, 0.1) is 0 Å². The van der Waals surface area contributed by atoms with E-state index in [4.69, 9.17) is 4.74 Å². The molecule has 0 spiro atoms. The fourth-order valence-corrected chi connectivity index (χ4v) is 2.13. The lowest BCUT2D eigenvalue weighted by atomic mass is 10.3. The molecule has 2 aromatic rings. The van der Waals surface area contributed by atoms with E-state index in [1.54, 1.807) is 18.1 Å². The smallest absolute Gasteiger partial charge is 0.190 e. The summed E-state index contributed by atoms with van der Waals surface area (Å²) in [7, 11) is 1.95. The van der Waals surface area contributed by atoms with Gasteiger partial charge in [-0.05, 0) is 18.6 Å². The molecule has 0 unspecified atom stereocenters. The molecule has 0 radical (unpaired) electrons. The second-order valence-corrected chi connectivity index (χ2v) is 4.65. The van der Waals surface area contributed by atoms with Crippen molar-refractivity contribution < 1.29 is 4.74 Å². The zero-order valence-corrected chi connectivity index (χ0v) is 10.6. The van der Waals surface area contributed by atoms with E-state index >= 15 is 0 Å². The number of nitrogens with zero attached hydrogens (tertiary/aromatic N) is 3. The first kappa shape index (κ1) is 12.0. The molecule has 1 heterocycles. The molecule has 0 atom stereocenters. The molecule has 4 nitrogen and oxygen atoms in total. The van der Waals surface area contributed by atoms with Crippen LogP contribution in [-0.4, -0.2) is 27.1 Å². The Balaban J connectivity index is 1.63. The van der Waals surface area contributed by atoms with E-state index in [1.807, 2.05) is 41.9 Å². The van der Waals surface area contributed by atoms with Gasteiger partial charge in [0.1, 0.15) is 12.1 Å². The maximum absolute atomic E-state index is 5.60. The van der Waals surface area contributed by atoms with Gasteiger partial charge in [0.2, 0.25) is 0 Å². The van der Waals surface area contributed by atoms with E-state index in [9.17, 15) is 0 Å². The van der Waals surface area contributed by atoms with Crippen molar-refractivity contribution >= 4 is 11.8 Å². The molecule has 0 fully saturated rings. The number of rotatable bonds is 6. The number of para-hydroxylation sites is 1. The Morgan fingerprint density at radius 3 is 2.82 bits per heavy atom. The number of benzene rings is 1. The monoisotopic (exact) mass is 249 g/mol. The highest BCUT2D eigenvalue weighted by Crippen LogP contribution is 2.15. The van der Waals surface area contributed by atoms with Gasteiger partial charge in [-0.25, -0.2) is 0 Å². The topological polar surface area (TPSA) is 39.9 Å². The summed E-state index contributed by atoms with van der Waals surface area (Å²) in [5, 5.41) is 8.78. The predicted molar refractivity (Wildman–Crippen MR) is 68.3 cm³/mol. The first-order valence-electron chi connectivity index (χ1n) is 5.51. The fourth-order valence-electron chi connectivity index (χ4n) is 1.33. The maximum Gasteiger partial charge on any atom is 0.190 e. The summed E-state index contributed by atoms with van der Waals surface area (Å²) >= 11 is 1.70. The van der Waals surface area contributed by atoms with Gasteiger partial charge in [0.05, 0.1) is 6.61 Å². The summed E-state index contributed by atoms with van der Waals surface area (Å²) in [4.78, 5) is 0. The number of ether oxygens (including phenoxy) is 1. The minimum atomic E-state index is 0.731. The predicted octanol–water partition coefficient (Wildman–Crippen LogP) is 2.38. The van der Waals surface area contributed by atoms with Crippen LogP contribution < -0.4 is 4.74 Å². The van der Waals surface area contributed by atoms with Gasteiger partial charge in [0, 0.05) is 12.8 Å². The third kappa shape index (κ3) is 3.78. The third-order valence-corrected chi connectivity index (χ3v) is 3.32. The van der Waals surface area contributed by atoms with Gasteiger partial charge in [0.25, 0.3) is 0 Å². The lowest BCUT2D eigenvalue weighted by Gasteiger charge is -2.05. The summed E-state index contributed by atoms with van der Waals surface area (Å²) in [6, 6.07) is 9.87. The Hall–Kier alpha value is -1.49. The first-order valence-corrected chi connectivity index (χ1v) is 6.49. The van der Waals surface area contributed by atoms with E-state index in [1.165, 1.54) is 0 Å². The zero-order valence-electron chi connectivity index (χ0n) is 9.74. The molecule has 0 bridgehead atoms. The number of aryl methyl sites for hydroxylation is 1. The molecular formula is C12H15N3OS. The van der Waals surface area contributed by atoms with Gasteiger partial charge in [-0.1, -0.05) is 30.0 Å². The van der Waals surface area contributed by atoms with Crippen molar-refractivity contribution in [2.24, 2.45) is 7.05 Å². The molecule has 17 heavy (non-hydrogen) atoms. The Bertz CT molecular complexity index is 444. The summed E-state index contributed by atoms with van der Waals surface area (Å²) in [6.07, 6.45) is 2.70. The molecule has 0 saturated heterocycles. The minimum absolute atomic E-state index is 0.731. The first-order chi connectivity index (χ1) is 8.36. The van der Waals surface area contributed by atoms with Crippen molar-refractivity contribution in [1.82, 2.24) is 14.8 Å². The Kier molecular flexibility index (Phi) is 4.44. The van der Waals surface area contributed by atoms with Gasteiger partial charge in [0.15, 0.2) is 5.16 Å². The Morgan fingerprint density at radius 2 is 2.12 bits per heavy atom. The number of hydrogen-bond acceptors (Lipinski definition) is 4. The summed E-state index contributed by atoms with van der Waals surface area (Å²) in [5.41, 5.74) is 0. The largest absolute Gasteiger partial charge is 0.494 e. The Labute approximate surface area is 105 Å². The third-order valence-electron chi connectivity index (χ3n) is 2.20. The highest BCUT2D eigenvalue weighted by molar-refractivity contribution is 7.99. The molecule has 0 aliphatic heterocycles. The standard InChI is InChI=1S/C12H15N3OS/c1-15-10-13-14-12(15)17-9-5-8-16-11-6-3-2-4-7-11/h2-4,6-7,10H,5,8-9H2,1H3. The van der Waals surface area contributed by atoms with E-state index in [0.717, 1.165) is 29.7 Å². The van der Waals surface area contributed by atoms with Crippen LogP contribution in [0.1, 0.15) is 6.42 Å². The van der Waals surface area contributed by atoms with Crippen LogP contribution in [0.4, 0.5) is 0 Å². The van der Waals surface area contributed by atoms with Crippen LogP contribution >= 0.6 is 11.8 Å². The van der Waals surface area contributed by atoms with Crippen molar-refractivity contribution in [2.45, 2.75) is 11.6 Å². The summed E-state index contributed by atoms with van der Waals surface area (Å²) < 4.78 is 7.52. The second kappa shape index (κ2) is 6.30. The lowest BCUT2D eigenvalue weighted by Crippen LogP contribution is -1.99. The lowest BCUT2D eigenvalue weighted by molar-refractivity contribution is 0.318. The van der Waals surface area contributed by atoms with Crippen LogP contribution in [0.2, 0.25) is 0 Å². The second-order valence-electron chi connectivity index (χ2n) is 3.59. The van der Waals surface area contributed by atoms with Crippen molar-refractivity contribution in [3.05, 3.63) is 36.7 Å². The molecule has 0 aliphatic carbocycles. The molecule has 0 saturated carbocycles. The molecule has 2 rings (SSSR count). The normalized spacial score (nSPS) is 10.4. The van der Waals surface area contributed by atoms with E-state index < -0.39 is 0 Å². The molecule has 0 amide bonds. The SMILES string of the molecule is Cn1cnnc1SCCCOc1ccccc1. The molecule has 5 heteroatoms. The number of thioether (sulfide) groups is 1. The summed E-state index contributed by atoms with van der Waals surface area (Å²) in [6.45, 7) is 0.731. The zero-order chi connectivity index (χ0) is 11.9. The number of aromatic nitrogens is 3. The molecule has 0 N–H and O–H groups in total. The molecule has 1 aromatic carbocycles. The average Bonchev–Trinajstić information content (AvgIpc) is 2.76. The highest BCUT2D eigenvalue weighted by atomic mass is 32.2. The van der Waals surface area contributed by atoms with Gasteiger partial charge in [-0.2, -0.15) is 0 Å². The van der Waals surface area contributed by atoms with E-state index in [0.29, 0.717) is 0 Å². The van der Waals surface area contributed by atoms with Crippen LogP contribution in [0.3, 0.4) is 0 Å². The molecule has 0 aliphatic rings. The fraction of sp³-hybridized carbons (Fsp3) is 0.333. The quantitative estimate of drug-likeness (QED) is 0.582. The van der Waals surface area contributed by atoms with Crippen molar-refractivity contribution in [3.63, 3.8) is 0 Å². The number of hydrogen-bond donors (Lipinski definition) is 0. The molecule has 1 aromatic heterocycles. The summed E-state index contributed by atoms with van der Waals surface area (Å²) in [5.74, 6) is 1.91. The van der Waals surface area contributed by atoms with E-state index in [2.05, 4.69) is 10.2 Å². The van der Waals surface area contributed by atoms with E-state index in [-0.39, 0.29) is 0 Å². The van der Waals surface area contributed by atoms with Gasteiger partial charge < -0.3 is 9.30 Å². The van der Waals surface area contributed by atoms with Crippen LogP contribution in [-0.2, 0) is 7.05 Å². The van der Waals surface area contributed by atoms with Crippen molar-refractivity contribution in [2.75, 3.05) is 12.4 Å². The van der Waals surface area contributed by atoms with Crippen molar-refractivity contribution in [1.29, 1.82) is 0 Å². The minimum Gasteiger partial charge on any atom is -0.494 e. The molecule has 90 valence electrons. The van der Waals surface area contributed by atoms with Crippen LogP contribution in [0.15, 0.2) is 41.8 Å². The highest BCUT2D eigenvalue weighted by Gasteiger charge is 2.00. The average molecular weight is 249 g/mol. The Morgan fingerprint density at radius 1 is 1.29 bits per heavy atom. The van der Waals surface area contributed by atoms with Gasteiger partial charge in [-0.3, -0.25) is 0 Å². The maximum atomic E-state index is 5.60. The van der Waals surface area contributed by atoms with Crippen LogP contribution in [0.5, 0.6) is 5.75 Å². The van der Waals surface area contributed by atoms with Gasteiger partial charge >= 0.3 is 0 Å². The van der Waals surface area contributed by atoms with Gasteiger partial charge in [-0.15, -0.1) is 10.2 Å². The van der Waals surface area contributed by atoms with Crippen LogP contribution in [0.25, 0.3) is 0 Å².